The van der Waals surface area contributed by atoms with Crippen molar-refractivity contribution in [3.05, 3.63) is 45.9 Å². The number of carbonyl (C=O) groups is 1. The molecule has 3 unspecified atom stereocenters. The maximum Gasteiger partial charge on any atom is 0.216 e. The minimum absolute atomic E-state index is 0.105. The monoisotopic (exact) mass is 393 g/mol. The fourth-order valence-electron chi connectivity index (χ4n) is 5.47. The summed E-state index contributed by atoms with van der Waals surface area (Å²) in [5, 5.41) is 0.291. The van der Waals surface area contributed by atoms with Crippen LogP contribution in [0.4, 0.5) is 5.69 Å². The average molecular weight is 394 g/mol. The summed E-state index contributed by atoms with van der Waals surface area (Å²) >= 11 is 1.98. The van der Waals surface area contributed by atoms with Gasteiger partial charge in [-0.2, -0.15) is 0 Å². The number of Topliss-reactive ketones (excluding diaryl/α,β-unsaturated/α-hetero) is 1. The first-order valence-corrected chi connectivity index (χ1v) is 11.4. The highest BCUT2D eigenvalue weighted by Crippen LogP contribution is 2.53. The zero-order valence-corrected chi connectivity index (χ0v) is 17.9. The molecule has 0 radical (unpaired) electrons. The number of thioether (sulfide) groups is 1. The molecule has 146 valence electrons. The fourth-order valence-corrected chi connectivity index (χ4v) is 7.11. The smallest absolute Gasteiger partial charge is 0.216 e. The number of rotatable bonds is 2. The van der Waals surface area contributed by atoms with Crippen LogP contribution in [-0.2, 0) is 4.79 Å². The maximum absolute atomic E-state index is 13.5. The lowest BCUT2D eigenvalue weighted by Crippen LogP contribution is -2.46. The number of fused-ring (bicyclic) bond motifs is 3. The lowest BCUT2D eigenvalue weighted by Gasteiger charge is -2.27. The zero-order valence-electron chi connectivity index (χ0n) is 17.1. The van der Waals surface area contributed by atoms with Crippen LogP contribution in [0.5, 0.6) is 0 Å². The van der Waals surface area contributed by atoms with E-state index < -0.39 is 0 Å². The Hall–Kier alpha value is -1.81. The minimum atomic E-state index is 0.105. The normalized spacial score (nSPS) is 30.6. The van der Waals surface area contributed by atoms with Crippen LogP contribution in [0, 0.1) is 11.8 Å². The third-order valence-electron chi connectivity index (χ3n) is 6.91. The molecule has 4 heteroatoms. The zero-order chi connectivity index (χ0) is 19.4. The molecule has 0 spiro atoms. The van der Waals surface area contributed by atoms with E-state index in [0.29, 0.717) is 11.2 Å². The summed E-state index contributed by atoms with van der Waals surface area (Å²) in [6.07, 6.45) is 9.19. The summed E-state index contributed by atoms with van der Waals surface area (Å²) < 4.78 is 2.47. The van der Waals surface area contributed by atoms with Gasteiger partial charge in [-0.15, -0.1) is 0 Å². The van der Waals surface area contributed by atoms with Gasteiger partial charge in [0.2, 0.25) is 5.37 Å². The van der Waals surface area contributed by atoms with Gasteiger partial charge in [0.05, 0.1) is 0 Å². The van der Waals surface area contributed by atoms with E-state index in [1.165, 1.54) is 52.3 Å². The minimum Gasteiger partial charge on any atom is -0.378 e. The van der Waals surface area contributed by atoms with Gasteiger partial charge < -0.3 is 4.90 Å². The number of allylic oxidation sites excluding steroid dienone is 2. The lowest BCUT2D eigenvalue weighted by molar-refractivity contribution is -0.520. The molecule has 2 aliphatic carbocycles. The molecule has 2 heterocycles. The van der Waals surface area contributed by atoms with Gasteiger partial charge in [0.15, 0.2) is 11.5 Å². The summed E-state index contributed by atoms with van der Waals surface area (Å²) in [6, 6.07) is 8.71. The Morgan fingerprint density at radius 3 is 2.61 bits per heavy atom. The standard InChI is InChI=1S/C24H29N2OS/c1-25(2)17-11-8-15(9-12-17)14-16-10-13-19-22(16)26(3)24-21(23(19)27)18-6-4-5-7-20(18)28-24/h8-9,11-12,14,19,21,24H,4-7,10,13H2,1-3H3/q+1. The van der Waals surface area contributed by atoms with Crippen LogP contribution in [-0.4, -0.2) is 42.6 Å². The van der Waals surface area contributed by atoms with Crippen LogP contribution >= 0.6 is 11.8 Å². The van der Waals surface area contributed by atoms with Crippen molar-refractivity contribution in [2.24, 2.45) is 11.8 Å². The predicted octanol–water partition coefficient (Wildman–Crippen LogP) is 4.73. The maximum atomic E-state index is 13.5. The van der Waals surface area contributed by atoms with E-state index in [-0.39, 0.29) is 11.8 Å². The molecule has 5 rings (SSSR count). The third-order valence-corrected chi connectivity index (χ3v) is 8.49. The highest BCUT2D eigenvalue weighted by molar-refractivity contribution is 8.03. The van der Waals surface area contributed by atoms with Gasteiger partial charge in [0.25, 0.3) is 0 Å². The van der Waals surface area contributed by atoms with Gasteiger partial charge in [-0.3, -0.25) is 4.79 Å². The molecule has 1 aromatic carbocycles. The molecule has 4 aliphatic rings. The Bertz CT molecular complexity index is 922. The molecule has 0 amide bonds. The second kappa shape index (κ2) is 6.91. The Labute approximate surface area is 172 Å². The Morgan fingerprint density at radius 2 is 1.86 bits per heavy atom. The summed E-state index contributed by atoms with van der Waals surface area (Å²) in [4.78, 5) is 17.1. The second-order valence-corrected chi connectivity index (χ2v) is 10.00. The van der Waals surface area contributed by atoms with Crippen LogP contribution in [0.3, 0.4) is 0 Å². The van der Waals surface area contributed by atoms with Crippen molar-refractivity contribution >= 4 is 35.0 Å². The van der Waals surface area contributed by atoms with Crippen LogP contribution < -0.4 is 4.90 Å². The van der Waals surface area contributed by atoms with Gasteiger partial charge in [-0.25, -0.2) is 4.58 Å². The SMILES string of the molecule is CN(C)c1ccc(/C=C2\CCC3C(=O)C4C5=C(CCCC5)SC4[N+](C)=C23)cc1. The molecule has 0 bridgehead atoms. The van der Waals surface area contributed by atoms with Gasteiger partial charge in [0.1, 0.15) is 18.9 Å². The number of hydrogen-bond donors (Lipinski definition) is 0. The largest absolute Gasteiger partial charge is 0.378 e. The van der Waals surface area contributed by atoms with Crippen LogP contribution in [0.15, 0.2) is 40.3 Å². The van der Waals surface area contributed by atoms with Gasteiger partial charge in [-0.05, 0) is 72.8 Å². The second-order valence-electron chi connectivity index (χ2n) is 8.79. The number of benzene rings is 1. The highest BCUT2D eigenvalue weighted by atomic mass is 32.2. The van der Waals surface area contributed by atoms with Crippen molar-refractivity contribution in [1.82, 2.24) is 0 Å². The molecule has 28 heavy (non-hydrogen) atoms. The van der Waals surface area contributed by atoms with Crippen molar-refractivity contribution < 1.29 is 9.37 Å². The average Bonchev–Trinajstić information content (AvgIpc) is 3.29. The Morgan fingerprint density at radius 1 is 1.11 bits per heavy atom. The highest BCUT2D eigenvalue weighted by Gasteiger charge is 2.56. The molecule has 3 atom stereocenters. The summed E-state index contributed by atoms with van der Waals surface area (Å²) in [5.74, 6) is 0.759. The molecular formula is C24H29N2OS+. The lowest BCUT2D eigenvalue weighted by atomic mass is 9.79. The molecule has 1 saturated carbocycles. The van der Waals surface area contributed by atoms with E-state index in [0.717, 1.165) is 19.3 Å². The Kier molecular flexibility index (Phi) is 4.50. The van der Waals surface area contributed by atoms with Crippen molar-refractivity contribution in [3.63, 3.8) is 0 Å². The topological polar surface area (TPSA) is 23.3 Å². The predicted molar refractivity (Wildman–Crippen MR) is 118 cm³/mol. The number of anilines is 1. The fraction of sp³-hybridized carbons (Fsp3) is 0.500. The van der Waals surface area contributed by atoms with Crippen molar-refractivity contribution in [2.75, 3.05) is 26.0 Å². The van der Waals surface area contributed by atoms with Gasteiger partial charge >= 0.3 is 0 Å². The molecular weight excluding hydrogens is 364 g/mol. The first-order valence-electron chi connectivity index (χ1n) is 10.5. The van der Waals surface area contributed by atoms with E-state index in [1.54, 1.807) is 0 Å². The molecule has 0 N–H and O–H groups in total. The quantitative estimate of drug-likeness (QED) is 0.679. The van der Waals surface area contributed by atoms with E-state index >= 15 is 0 Å². The van der Waals surface area contributed by atoms with Gasteiger partial charge in [-0.1, -0.05) is 23.9 Å². The van der Waals surface area contributed by atoms with Crippen LogP contribution in [0.25, 0.3) is 6.08 Å². The van der Waals surface area contributed by atoms with E-state index in [9.17, 15) is 4.79 Å². The Balaban J connectivity index is 1.50. The molecule has 1 aromatic rings. The number of ketones is 1. The van der Waals surface area contributed by atoms with Crippen LogP contribution in [0.2, 0.25) is 0 Å². The van der Waals surface area contributed by atoms with E-state index in [4.69, 9.17) is 0 Å². The first-order chi connectivity index (χ1) is 13.5. The van der Waals surface area contributed by atoms with E-state index in [1.807, 2.05) is 11.8 Å². The first kappa shape index (κ1) is 18.2. The molecule has 0 aromatic heterocycles. The van der Waals surface area contributed by atoms with Gasteiger partial charge in [0, 0.05) is 25.4 Å². The number of nitrogens with zero attached hydrogens (tertiary/aromatic N) is 2. The molecule has 3 nitrogen and oxygen atoms in total. The molecule has 1 fully saturated rings. The molecule has 0 saturated heterocycles. The summed E-state index contributed by atoms with van der Waals surface area (Å²) in [5.41, 5.74) is 6.60. The molecule has 2 aliphatic heterocycles. The summed E-state index contributed by atoms with van der Waals surface area (Å²) in [6.45, 7) is 0. The van der Waals surface area contributed by atoms with Crippen molar-refractivity contribution in [3.8, 4) is 0 Å². The van der Waals surface area contributed by atoms with Crippen LogP contribution in [0.1, 0.15) is 44.1 Å². The van der Waals surface area contributed by atoms with Crippen molar-refractivity contribution in [2.45, 2.75) is 43.9 Å². The number of carbonyl (C=O) groups excluding carboxylic acids is 1. The van der Waals surface area contributed by atoms with E-state index in [2.05, 4.69) is 61.0 Å². The summed E-state index contributed by atoms with van der Waals surface area (Å²) in [7, 11) is 6.36. The third kappa shape index (κ3) is 2.80. The van der Waals surface area contributed by atoms with Crippen molar-refractivity contribution in [1.29, 1.82) is 0 Å². The number of hydrogen-bond acceptors (Lipinski definition) is 3.